The van der Waals surface area contributed by atoms with Crippen molar-refractivity contribution in [2.24, 2.45) is 0 Å². The van der Waals surface area contributed by atoms with Crippen LogP contribution in [0.15, 0.2) is 24.8 Å². The fourth-order valence-corrected chi connectivity index (χ4v) is 2.13. The van der Waals surface area contributed by atoms with E-state index in [1.807, 2.05) is 13.8 Å². The average molecular weight is 352 g/mol. The SMILES string of the molecule is C=C(C)C(=O)NC(C)(C)CC(C)=O.C=CC(=O)NC(C)(C)CC(C)=O. The number of Topliss-reactive ketones (excluding diaryl/α,β-unsaturated/α-hetero) is 2. The normalized spacial score (nSPS) is 10.7. The molecule has 0 aliphatic carbocycles. The number of hydrogen-bond donors (Lipinski definition) is 2. The van der Waals surface area contributed by atoms with Crippen LogP contribution in [-0.4, -0.2) is 34.5 Å². The monoisotopic (exact) mass is 352 g/mol. The third kappa shape index (κ3) is 15.1. The number of carbonyl (C=O) groups excluding carboxylic acids is 4. The number of nitrogens with one attached hydrogen (secondary N) is 2. The first-order valence-electron chi connectivity index (χ1n) is 8.03. The third-order valence-corrected chi connectivity index (χ3v) is 2.87. The van der Waals surface area contributed by atoms with E-state index in [0.29, 0.717) is 18.4 Å². The highest BCUT2D eigenvalue weighted by Crippen LogP contribution is 2.09. The Balaban J connectivity index is 0. The standard InChI is InChI=1S/C10H17NO2.C9H15NO2/c1-7(2)9(13)11-10(4,5)6-8(3)12;1-5-8(12)10-9(3,4)6-7(2)11/h1,6H2,2-5H3,(H,11,13);5H,1,6H2,2-4H3,(H,10,12). The summed E-state index contributed by atoms with van der Waals surface area (Å²) in [6.45, 7) is 18.7. The first-order valence-corrected chi connectivity index (χ1v) is 8.03. The zero-order valence-corrected chi connectivity index (χ0v) is 16.5. The Morgan fingerprint density at radius 2 is 1.20 bits per heavy atom. The molecule has 25 heavy (non-hydrogen) atoms. The molecule has 0 aromatic heterocycles. The molecule has 6 heteroatoms. The fourth-order valence-electron chi connectivity index (χ4n) is 2.13. The van der Waals surface area contributed by atoms with Crippen molar-refractivity contribution in [3.05, 3.63) is 24.8 Å². The van der Waals surface area contributed by atoms with E-state index < -0.39 is 11.1 Å². The summed E-state index contributed by atoms with van der Waals surface area (Å²) >= 11 is 0. The summed E-state index contributed by atoms with van der Waals surface area (Å²) in [6.07, 6.45) is 1.88. The quantitative estimate of drug-likeness (QED) is 0.656. The van der Waals surface area contributed by atoms with Gasteiger partial charge in [0.05, 0.1) is 0 Å². The van der Waals surface area contributed by atoms with Crippen molar-refractivity contribution >= 4 is 23.4 Å². The van der Waals surface area contributed by atoms with E-state index in [1.165, 1.54) is 19.9 Å². The second-order valence-corrected chi connectivity index (χ2v) is 7.45. The highest BCUT2D eigenvalue weighted by molar-refractivity contribution is 5.93. The summed E-state index contributed by atoms with van der Waals surface area (Å²) in [5.41, 5.74) is -0.504. The van der Waals surface area contributed by atoms with Crippen LogP contribution >= 0.6 is 0 Å². The maximum atomic E-state index is 11.2. The summed E-state index contributed by atoms with van der Waals surface area (Å²) in [5, 5.41) is 5.39. The van der Waals surface area contributed by atoms with Crippen molar-refractivity contribution in [2.75, 3.05) is 0 Å². The Labute approximate surface area is 151 Å². The van der Waals surface area contributed by atoms with E-state index in [0.717, 1.165) is 0 Å². The van der Waals surface area contributed by atoms with E-state index in [-0.39, 0.29) is 23.4 Å². The largest absolute Gasteiger partial charge is 0.347 e. The second kappa shape index (κ2) is 10.6. The van der Waals surface area contributed by atoms with Gasteiger partial charge in [-0.05, 0) is 54.5 Å². The van der Waals surface area contributed by atoms with Gasteiger partial charge in [0.2, 0.25) is 11.8 Å². The molecule has 2 amide bonds. The van der Waals surface area contributed by atoms with Gasteiger partial charge in [-0.15, -0.1) is 0 Å². The molecule has 142 valence electrons. The van der Waals surface area contributed by atoms with Crippen LogP contribution in [0.1, 0.15) is 61.3 Å². The first-order chi connectivity index (χ1) is 11.1. The van der Waals surface area contributed by atoms with Crippen molar-refractivity contribution in [3.63, 3.8) is 0 Å². The van der Waals surface area contributed by atoms with Gasteiger partial charge in [-0.25, -0.2) is 0 Å². The van der Waals surface area contributed by atoms with E-state index in [4.69, 9.17) is 0 Å². The predicted molar refractivity (Wildman–Crippen MR) is 100 cm³/mol. The Bertz CT molecular complexity index is 546. The maximum Gasteiger partial charge on any atom is 0.246 e. The Hall–Kier alpha value is -2.24. The van der Waals surface area contributed by atoms with Gasteiger partial charge >= 0.3 is 0 Å². The van der Waals surface area contributed by atoms with Gasteiger partial charge in [0.15, 0.2) is 0 Å². The molecular formula is C19H32N2O4. The molecular weight excluding hydrogens is 320 g/mol. The summed E-state index contributed by atoms with van der Waals surface area (Å²) in [7, 11) is 0. The van der Waals surface area contributed by atoms with Crippen LogP contribution in [0.2, 0.25) is 0 Å². The number of ketones is 2. The smallest absolute Gasteiger partial charge is 0.246 e. The van der Waals surface area contributed by atoms with Gasteiger partial charge in [-0.1, -0.05) is 13.2 Å². The van der Waals surface area contributed by atoms with Crippen molar-refractivity contribution < 1.29 is 19.2 Å². The number of rotatable bonds is 8. The third-order valence-electron chi connectivity index (χ3n) is 2.87. The van der Waals surface area contributed by atoms with Crippen LogP contribution in [0, 0.1) is 0 Å². The number of amides is 2. The first kappa shape index (κ1) is 25.0. The van der Waals surface area contributed by atoms with Crippen molar-refractivity contribution in [3.8, 4) is 0 Å². The van der Waals surface area contributed by atoms with E-state index in [1.54, 1.807) is 20.8 Å². The minimum Gasteiger partial charge on any atom is -0.347 e. The Morgan fingerprint density at radius 3 is 1.48 bits per heavy atom. The number of hydrogen-bond acceptors (Lipinski definition) is 4. The van der Waals surface area contributed by atoms with Gasteiger partial charge < -0.3 is 10.6 Å². The van der Waals surface area contributed by atoms with Crippen LogP contribution in [0.25, 0.3) is 0 Å². The molecule has 2 N–H and O–H groups in total. The van der Waals surface area contributed by atoms with Crippen LogP contribution in [0.3, 0.4) is 0 Å². The Kier molecular flexibility index (Phi) is 10.6. The molecule has 0 radical (unpaired) electrons. The average Bonchev–Trinajstić information content (AvgIpc) is 2.34. The highest BCUT2D eigenvalue weighted by Gasteiger charge is 2.22. The molecule has 0 rings (SSSR count). The zero-order chi connectivity index (χ0) is 20.4. The van der Waals surface area contributed by atoms with Crippen molar-refractivity contribution in [2.45, 2.75) is 72.4 Å². The van der Waals surface area contributed by atoms with Gasteiger partial charge in [0.25, 0.3) is 0 Å². The molecule has 0 aromatic carbocycles. The minimum atomic E-state index is -0.484. The minimum absolute atomic E-state index is 0.0596. The lowest BCUT2D eigenvalue weighted by atomic mass is 9.98. The van der Waals surface area contributed by atoms with Crippen LogP contribution in [0.4, 0.5) is 0 Å². The zero-order valence-electron chi connectivity index (χ0n) is 16.5. The van der Waals surface area contributed by atoms with Crippen molar-refractivity contribution in [1.29, 1.82) is 0 Å². The summed E-state index contributed by atoms with van der Waals surface area (Å²) < 4.78 is 0. The van der Waals surface area contributed by atoms with Crippen LogP contribution in [0.5, 0.6) is 0 Å². The van der Waals surface area contributed by atoms with E-state index >= 15 is 0 Å². The highest BCUT2D eigenvalue weighted by atomic mass is 16.2. The van der Waals surface area contributed by atoms with Crippen LogP contribution in [-0.2, 0) is 19.2 Å². The molecule has 0 aliphatic heterocycles. The Morgan fingerprint density at radius 1 is 0.840 bits per heavy atom. The van der Waals surface area contributed by atoms with E-state index in [9.17, 15) is 19.2 Å². The molecule has 0 fully saturated rings. The van der Waals surface area contributed by atoms with Gasteiger partial charge in [-0.3, -0.25) is 19.2 Å². The molecule has 0 unspecified atom stereocenters. The lowest BCUT2D eigenvalue weighted by molar-refractivity contribution is -0.122. The topological polar surface area (TPSA) is 92.3 Å². The molecule has 0 saturated carbocycles. The molecule has 0 spiro atoms. The van der Waals surface area contributed by atoms with Crippen molar-refractivity contribution in [1.82, 2.24) is 10.6 Å². The van der Waals surface area contributed by atoms with Gasteiger partial charge in [0.1, 0.15) is 11.6 Å². The van der Waals surface area contributed by atoms with E-state index in [2.05, 4.69) is 23.8 Å². The molecule has 0 aromatic rings. The fraction of sp³-hybridized carbons (Fsp3) is 0.579. The lowest BCUT2D eigenvalue weighted by Crippen LogP contribution is -2.44. The summed E-state index contributed by atoms with van der Waals surface area (Å²) in [6, 6.07) is 0. The van der Waals surface area contributed by atoms with Gasteiger partial charge in [0, 0.05) is 29.5 Å². The summed E-state index contributed by atoms with van der Waals surface area (Å²) in [4.78, 5) is 43.7. The van der Waals surface area contributed by atoms with Gasteiger partial charge in [-0.2, -0.15) is 0 Å². The maximum absolute atomic E-state index is 11.2. The molecule has 0 atom stereocenters. The van der Waals surface area contributed by atoms with Crippen LogP contribution < -0.4 is 10.6 Å². The molecule has 0 aliphatic rings. The number of carbonyl (C=O) groups is 4. The molecule has 0 saturated heterocycles. The molecule has 0 heterocycles. The summed E-state index contributed by atoms with van der Waals surface area (Å²) in [5.74, 6) is -0.330. The second-order valence-electron chi connectivity index (χ2n) is 7.45. The lowest BCUT2D eigenvalue weighted by Gasteiger charge is -2.24. The molecule has 0 bridgehead atoms. The molecule has 6 nitrogen and oxygen atoms in total. The predicted octanol–water partition coefficient (Wildman–Crippen LogP) is 2.48.